The van der Waals surface area contributed by atoms with Crippen molar-refractivity contribution in [3.05, 3.63) is 29.8 Å². The zero-order valence-corrected chi connectivity index (χ0v) is 14.6. The highest BCUT2D eigenvalue weighted by atomic mass is 35.5. The van der Waals surface area contributed by atoms with Crippen LogP contribution in [0, 0.1) is 0 Å². The van der Waals surface area contributed by atoms with E-state index in [1.807, 2.05) is 12.1 Å². The lowest BCUT2D eigenvalue weighted by atomic mass is 9.77. The standard InChI is InChI=1S/C18H26N2O2.ClH/c1-22-16-8-6-14(7-9-16)18(10-2-3-11-18)17(21)20-15-5-4-12-19-13-15;/h6-9,15,19H,2-5,10-13H2,1H3,(H,20,21);1H/t15-;/m0./s1. The smallest absolute Gasteiger partial charge is 0.230 e. The third-order valence-corrected chi connectivity index (χ3v) is 5.17. The van der Waals surface area contributed by atoms with Gasteiger partial charge in [-0.3, -0.25) is 4.79 Å². The Morgan fingerprint density at radius 1 is 1.22 bits per heavy atom. The average Bonchev–Trinajstić information content (AvgIpc) is 3.07. The summed E-state index contributed by atoms with van der Waals surface area (Å²) in [6.07, 6.45) is 6.37. The number of methoxy groups -OCH3 is 1. The monoisotopic (exact) mass is 338 g/mol. The zero-order valence-electron chi connectivity index (χ0n) is 13.8. The molecule has 1 heterocycles. The van der Waals surface area contributed by atoms with E-state index in [2.05, 4.69) is 22.8 Å². The molecule has 0 unspecified atom stereocenters. The number of carbonyl (C=O) groups is 1. The molecule has 1 saturated carbocycles. The van der Waals surface area contributed by atoms with Gasteiger partial charge in [0.1, 0.15) is 5.75 Å². The molecule has 1 aliphatic carbocycles. The Hall–Kier alpha value is -1.26. The van der Waals surface area contributed by atoms with Crippen LogP contribution in [0.4, 0.5) is 0 Å². The predicted molar refractivity (Wildman–Crippen MR) is 94.4 cm³/mol. The van der Waals surface area contributed by atoms with Gasteiger partial charge in [0.15, 0.2) is 0 Å². The highest BCUT2D eigenvalue weighted by molar-refractivity contribution is 5.89. The number of benzene rings is 1. The van der Waals surface area contributed by atoms with E-state index in [1.54, 1.807) is 7.11 Å². The van der Waals surface area contributed by atoms with Crippen molar-refractivity contribution in [2.45, 2.75) is 50.0 Å². The number of hydrogen-bond acceptors (Lipinski definition) is 3. The molecule has 1 amide bonds. The number of ether oxygens (including phenoxy) is 1. The van der Waals surface area contributed by atoms with E-state index in [1.165, 1.54) is 0 Å². The van der Waals surface area contributed by atoms with E-state index in [0.717, 1.165) is 62.9 Å². The van der Waals surface area contributed by atoms with E-state index in [0.29, 0.717) is 0 Å². The van der Waals surface area contributed by atoms with Crippen molar-refractivity contribution in [1.82, 2.24) is 10.6 Å². The first-order chi connectivity index (χ1) is 10.7. The zero-order chi connectivity index (χ0) is 15.4. The summed E-state index contributed by atoms with van der Waals surface area (Å²) < 4.78 is 5.24. The van der Waals surface area contributed by atoms with Gasteiger partial charge in [0.05, 0.1) is 12.5 Å². The number of piperidine rings is 1. The van der Waals surface area contributed by atoms with Crippen LogP contribution in [-0.2, 0) is 10.2 Å². The topological polar surface area (TPSA) is 50.4 Å². The molecule has 0 radical (unpaired) electrons. The minimum atomic E-state index is -0.344. The molecule has 2 N–H and O–H groups in total. The molecule has 128 valence electrons. The summed E-state index contributed by atoms with van der Waals surface area (Å²) in [5, 5.41) is 6.66. The molecule has 2 fully saturated rings. The number of rotatable bonds is 4. The van der Waals surface area contributed by atoms with Gasteiger partial charge in [0.25, 0.3) is 0 Å². The minimum absolute atomic E-state index is 0. The second kappa shape index (κ2) is 8.02. The van der Waals surface area contributed by atoms with Crippen molar-refractivity contribution < 1.29 is 9.53 Å². The fourth-order valence-electron chi connectivity index (χ4n) is 3.83. The van der Waals surface area contributed by atoms with E-state index >= 15 is 0 Å². The molecule has 3 rings (SSSR count). The van der Waals surface area contributed by atoms with Gasteiger partial charge in [-0.15, -0.1) is 12.4 Å². The lowest BCUT2D eigenvalue weighted by Gasteiger charge is -2.32. The van der Waals surface area contributed by atoms with E-state index in [9.17, 15) is 4.79 Å². The van der Waals surface area contributed by atoms with Crippen molar-refractivity contribution in [3.8, 4) is 5.75 Å². The first-order valence-electron chi connectivity index (χ1n) is 8.41. The lowest BCUT2D eigenvalue weighted by molar-refractivity contribution is -0.127. The van der Waals surface area contributed by atoms with Crippen molar-refractivity contribution in [3.63, 3.8) is 0 Å². The third-order valence-electron chi connectivity index (χ3n) is 5.17. The molecule has 2 aliphatic rings. The van der Waals surface area contributed by atoms with Gasteiger partial charge in [0, 0.05) is 12.6 Å². The maximum atomic E-state index is 13.0. The van der Waals surface area contributed by atoms with Gasteiger partial charge in [-0.1, -0.05) is 25.0 Å². The molecule has 1 atom stereocenters. The van der Waals surface area contributed by atoms with Crippen LogP contribution in [0.1, 0.15) is 44.1 Å². The molecular formula is C18H27ClN2O2. The highest BCUT2D eigenvalue weighted by Crippen LogP contribution is 2.42. The molecule has 23 heavy (non-hydrogen) atoms. The number of amides is 1. The number of hydrogen-bond donors (Lipinski definition) is 2. The average molecular weight is 339 g/mol. The van der Waals surface area contributed by atoms with E-state index in [4.69, 9.17) is 4.74 Å². The van der Waals surface area contributed by atoms with Gasteiger partial charge >= 0.3 is 0 Å². The van der Waals surface area contributed by atoms with Gasteiger partial charge in [-0.05, 0) is 49.9 Å². The summed E-state index contributed by atoms with van der Waals surface area (Å²) in [6, 6.07) is 8.32. The third kappa shape index (κ3) is 3.81. The largest absolute Gasteiger partial charge is 0.497 e. The molecule has 0 bridgehead atoms. The predicted octanol–water partition coefficient (Wildman–Crippen LogP) is 2.80. The fraction of sp³-hybridized carbons (Fsp3) is 0.611. The Labute approximate surface area is 144 Å². The summed E-state index contributed by atoms with van der Waals surface area (Å²) in [6.45, 7) is 1.96. The Bertz CT molecular complexity index is 506. The summed E-state index contributed by atoms with van der Waals surface area (Å²) in [4.78, 5) is 13.0. The summed E-state index contributed by atoms with van der Waals surface area (Å²) in [5.41, 5.74) is 0.788. The van der Waals surface area contributed by atoms with Crippen LogP contribution in [-0.4, -0.2) is 32.1 Å². The lowest BCUT2D eigenvalue weighted by Crippen LogP contribution is -2.51. The summed E-state index contributed by atoms with van der Waals surface area (Å²) in [7, 11) is 1.67. The molecule has 1 aromatic rings. The van der Waals surface area contributed by atoms with Crippen LogP contribution >= 0.6 is 12.4 Å². The van der Waals surface area contributed by atoms with Gasteiger partial charge in [-0.2, -0.15) is 0 Å². The van der Waals surface area contributed by atoms with Crippen LogP contribution < -0.4 is 15.4 Å². The fourth-order valence-corrected chi connectivity index (χ4v) is 3.83. The van der Waals surface area contributed by atoms with Crippen LogP contribution in [0.15, 0.2) is 24.3 Å². The molecular weight excluding hydrogens is 312 g/mol. The van der Waals surface area contributed by atoms with Crippen LogP contribution in [0.5, 0.6) is 5.75 Å². The number of nitrogens with one attached hydrogen (secondary N) is 2. The first kappa shape index (κ1) is 18.1. The second-order valence-corrected chi connectivity index (χ2v) is 6.53. The number of carbonyl (C=O) groups excluding carboxylic acids is 1. The molecule has 4 nitrogen and oxygen atoms in total. The highest BCUT2D eigenvalue weighted by Gasteiger charge is 2.43. The summed E-state index contributed by atoms with van der Waals surface area (Å²) >= 11 is 0. The van der Waals surface area contributed by atoms with Crippen LogP contribution in [0.2, 0.25) is 0 Å². The van der Waals surface area contributed by atoms with Gasteiger partial charge < -0.3 is 15.4 Å². The van der Waals surface area contributed by atoms with E-state index in [-0.39, 0.29) is 29.8 Å². The Morgan fingerprint density at radius 3 is 2.48 bits per heavy atom. The summed E-state index contributed by atoms with van der Waals surface area (Å²) in [5.74, 6) is 1.05. The quantitative estimate of drug-likeness (QED) is 0.887. The maximum Gasteiger partial charge on any atom is 0.230 e. The normalized spacial score (nSPS) is 22.9. The minimum Gasteiger partial charge on any atom is -0.497 e. The van der Waals surface area contributed by atoms with Gasteiger partial charge in [-0.25, -0.2) is 0 Å². The maximum absolute atomic E-state index is 13.0. The van der Waals surface area contributed by atoms with Crippen molar-refractivity contribution >= 4 is 18.3 Å². The van der Waals surface area contributed by atoms with Crippen molar-refractivity contribution in [2.24, 2.45) is 0 Å². The van der Waals surface area contributed by atoms with Crippen molar-refractivity contribution in [1.29, 1.82) is 0 Å². The second-order valence-electron chi connectivity index (χ2n) is 6.53. The van der Waals surface area contributed by atoms with Crippen molar-refractivity contribution in [2.75, 3.05) is 20.2 Å². The molecule has 0 aromatic heterocycles. The SMILES string of the molecule is COc1ccc(C2(C(=O)N[C@H]3CCCNC3)CCCC2)cc1.Cl. The number of halogens is 1. The van der Waals surface area contributed by atoms with Gasteiger partial charge in [0.2, 0.25) is 5.91 Å². The van der Waals surface area contributed by atoms with E-state index < -0.39 is 0 Å². The first-order valence-corrected chi connectivity index (χ1v) is 8.41. The molecule has 1 aromatic carbocycles. The Balaban J connectivity index is 0.00000192. The molecule has 5 heteroatoms. The molecule has 1 aliphatic heterocycles. The molecule has 1 saturated heterocycles. The molecule has 0 spiro atoms. The Morgan fingerprint density at radius 2 is 1.91 bits per heavy atom. The Kier molecular flexibility index (Phi) is 6.31. The van der Waals surface area contributed by atoms with Crippen LogP contribution in [0.3, 0.4) is 0 Å². The van der Waals surface area contributed by atoms with Crippen LogP contribution in [0.25, 0.3) is 0 Å².